The molecule has 0 aliphatic heterocycles. The van der Waals surface area contributed by atoms with Gasteiger partial charge in [0.05, 0.1) is 0 Å². The van der Waals surface area contributed by atoms with Crippen molar-refractivity contribution in [1.82, 2.24) is 0 Å². The van der Waals surface area contributed by atoms with Crippen molar-refractivity contribution in [2.24, 2.45) is 16.7 Å². The third-order valence-electron chi connectivity index (χ3n) is 6.19. The maximum atomic E-state index is 12.3. The Labute approximate surface area is 124 Å². The van der Waals surface area contributed by atoms with Crippen molar-refractivity contribution in [2.45, 2.75) is 52.7 Å². The predicted octanol–water partition coefficient (Wildman–Crippen LogP) is 4.91. The zero-order chi connectivity index (χ0) is 15.3. The molecular weight excluding hydrogens is 272 g/mol. The van der Waals surface area contributed by atoms with E-state index in [-0.39, 0.29) is 11.2 Å². The lowest BCUT2D eigenvalue weighted by Gasteiger charge is -2.40. The first-order chi connectivity index (χ1) is 9.83. The Hall–Kier alpha value is -1.32. The molecule has 2 nitrogen and oxygen atoms in total. The topological polar surface area (TPSA) is 21.3 Å². The van der Waals surface area contributed by atoms with E-state index in [4.69, 9.17) is 0 Å². The van der Waals surface area contributed by atoms with Gasteiger partial charge in [-0.05, 0) is 48.1 Å². The Kier molecular flexibility index (Phi) is 3.38. The van der Waals surface area contributed by atoms with Crippen LogP contribution in [0.4, 0.5) is 14.5 Å². The molecule has 0 heterocycles. The normalized spacial score (nSPS) is 33.4. The van der Waals surface area contributed by atoms with Gasteiger partial charge in [-0.1, -0.05) is 26.8 Å². The maximum Gasteiger partial charge on any atom is 0.387 e. The molecule has 0 spiro atoms. The molecule has 1 N–H and O–H groups in total. The summed E-state index contributed by atoms with van der Waals surface area (Å²) in [4.78, 5) is 0. The van der Waals surface area contributed by atoms with Gasteiger partial charge in [0.1, 0.15) is 5.75 Å². The monoisotopic (exact) mass is 295 g/mol. The van der Waals surface area contributed by atoms with Crippen molar-refractivity contribution in [3.05, 3.63) is 24.3 Å². The predicted molar refractivity (Wildman–Crippen MR) is 79.7 cm³/mol. The van der Waals surface area contributed by atoms with Crippen LogP contribution in [0.1, 0.15) is 40.0 Å². The highest BCUT2D eigenvalue weighted by Crippen LogP contribution is 2.65. The molecule has 0 aromatic heterocycles. The summed E-state index contributed by atoms with van der Waals surface area (Å²) >= 11 is 0. The third-order valence-corrected chi connectivity index (χ3v) is 6.19. The zero-order valence-electron chi connectivity index (χ0n) is 12.8. The minimum absolute atomic E-state index is 0.211. The summed E-state index contributed by atoms with van der Waals surface area (Å²) < 4.78 is 29.1. The van der Waals surface area contributed by atoms with E-state index in [1.165, 1.54) is 12.8 Å². The average molecular weight is 295 g/mol. The molecule has 2 saturated carbocycles. The summed E-state index contributed by atoms with van der Waals surface area (Å²) in [5, 5.41) is 3.56. The number of hydrogen-bond donors (Lipinski definition) is 1. The number of hydrogen-bond acceptors (Lipinski definition) is 2. The lowest BCUT2D eigenvalue weighted by atomic mass is 9.69. The van der Waals surface area contributed by atoms with E-state index in [0.717, 1.165) is 18.0 Å². The fourth-order valence-electron chi connectivity index (χ4n) is 4.39. The van der Waals surface area contributed by atoms with Gasteiger partial charge < -0.3 is 10.1 Å². The van der Waals surface area contributed by atoms with Gasteiger partial charge >= 0.3 is 6.61 Å². The molecule has 2 bridgehead atoms. The number of alkyl halides is 2. The molecule has 1 aromatic rings. The Balaban J connectivity index is 1.76. The summed E-state index contributed by atoms with van der Waals surface area (Å²) in [5.74, 6) is 0.961. The smallest absolute Gasteiger partial charge is 0.387 e. The average Bonchev–Trinajstić information content (AvgIpc) is 2.71. The lowest BCUT2D eigenvalue weighted by molar-refractivity contribution is -0.0498. The zero-order valence-corrected chi connectivity index (χ0v) is 12.8. The Morgan fingerprint density at radius 2 is 2.05 bits per heavy atom. The molecule has 0 saturated heterocycles. The van der Waals surface area contributed by atoms with Gasteiger partial charge in [-0.2, -0.15) is 8.78 Å². The van der Waals surface area contributed by atoms with Gasteiger partial charge in [-0.15, -0.1) is 0 Å². The van der Waals surface area contributed by atoms with E-state index in [1.54, 1.807) is 18.2 Å². The summed E-state index contributed by atoms with van der Waals surface area (Å²) in [6.45, 7) is 4.31. The summed E-state index contributed by atoms with van der Waals surface area (Å²) in [7, 11) is 0. The number of benzene rings is 1. The molecular formula is C17H23F2NO. The van der Waals surface area contributed by atoms with E-state index in [2.05, 4.69) is 30.8 Å². The molecule has 1 aromatic carbocycles. The van der Waals surface area contributed by atoms with Crippen molar-refractivity contribution in [3.63, 3.8) is 0 Å². The Morgan fingerprint density at radius 3 is 2.62 bits per heavy atom. The van der Waals surface area contributed by atoms with Gasteiger partial charge in [0.15, 0.2) is 0 Å². The third kappa shape index (κ3) is 2.29. The van der Waals surface area contributed by atoms with Crippen LogP contribution in [0.25, 0.3) is 0 Å². The van der Waals surface area contributed by atoms with Crippen LogP contribution >= 0.6 is 0 Å². The molecule has 4 heteroatoms. The number of halogens is 2. The van der Waals surface area contributed by atoms with Gasteiger partial charge in [0.2, 0.25) is 0 Å². The molecule has 3 unspecified atom stereocenters. The summed E-state index contributed by atoms with van der Waals surface area (Å²) in [6.07, 6.45) is 3.69. The Bertz CT molecular complexity index is 531. The van der Waals surface area contributed by atoms with Gasteiger partial charge in [-0.25, -0.2) is 0 Å². The summed E-state index contributed by atoms with van der Waals surface area (Å²) in [6, 6.07) is 7.28. The number of anilines is 1. The second kappa shape index (κ2) is 4.85. The molecule has 0 radical (unpaired) electrons. The molecule has 0 amide bonds. The fourth-order valence-corrected chi connectivity index (χ4v) is 4.39. The van der Waals surface area contributed by atoms with Crippen molar-refractivity contribution in [2.75, 3.05) is 5.32 Å². The highest BCUT2D eigenvalue weighted by molar-refractivity contribution is 5.50. The fraction of sp³-hybridized carbons (Fsp3) is 0.647. The van der Waals surface area contributed by atoms with Crippen LogP contribution in [0.5, 0.6) is 5.75 Å². The van der Waals surface area contributed by atoms with Crippen LogP contribution in [0.2, 0.25) is 0 Å². The molecule has 116 valence electrons. The van der Waals surface area contributed by atoms with Crippen LogP contribution in [0, 0.1) is 16.7 Å². The first-order valence-electron chi connectivity index (χ1n) is 7.64. The van der Waals surface area contributed by atoms with E-state index in [0.29, 0.717) is 11.5 Å². The Morgan fingerprint density at radius 1 is 1.29 bits per heavy atom. The first-order valence-corrected chi connectivity index (χ1v) is 7.64. The van der Waals surface area contributed by atoms with Gasteiger partial charge in [0.25, 0.3) is 0 Å². The molecule has 2 aliphatic rings. The van der Waals surface area contributed by atoms with Crippen LogP contribution in [0.3, 0.4) is 0 Å². The van der Waals surface area contributed by atoms with Crippen molar-refractivity contribution in [3.8, 4) is 5.75 Å². The highest BCUT2D eigenvalue weighted by atomic mass is 19.3. The second-order valence-corrected chi connectivity index (χ2v) is 7.21. The number of fused-ring (bicyclic) bond motifs is 2. The van der Waals surface area contributed by atoms with E-state index in [1.807, 2.05) is 6.07 Å². The van der Waals surface area contributed by atoms with E-state index >= 15 is 0 Å². The summed E-state index contributed by atoms with van der Waals surface area (Å²) in [5.41, 5.74) is 1.46. The van der Waals surface area contributed by atoms with Crippen molar-refractivity contribution < 1.29 is 13.5 Å². The first kappa shape index (κ1) is 14.6. The number of ether oxygens (including phenoxy) is 1. The largest absolute Gasteiger partial charge is 0.435 e. The minimum Gasteiger partial charge on any atom is -0.435 e. The molecule has 2 aliphatic carbocycles. The maximum absolute atomic E-state index is 12.3. The minimum atomic E-state index is -2.78. The van der Waals surface area contributed by atoms with Crippen LogP contribution < -0.4 is 10.1 Å². The lowest BCUT2D eigenvalue weighted by Crippen LogP contribution is -2.40. The van der Waals surface area contributed by atoms with Gasteiger partial charge in [-0.3, -0.25) is 0 Å². The molecule has 3 rings (SSSR count). The SMILES string of the molecule is CC1(C)C2CCC1(C)C(Nc1cccc(OC(F)F)c1)C2. The van der Waals surface area contributed by atoms with Crippen LogP contribution in [0.15, 0.2) is 24.3 Å². The second-order valence-electron chi connectivity index (χ2n) is 7.21. The van der Waals surface area contributed by atoms with E-state index in [9.17, 15) is 8.78 Å². The van der Waals surface area contributed by atoms with Crippen molar-refractivity contribution >= 4 is 5.69 Å². The van der Waals surface area contributed by atoms with Crippen molar-refractivity contribution in [1.29, 1.82) is 0 Å². The van der Waals surface area contributed by atoms with Gasteiger partial charge in [0, 0.05) is 17.8 Å². The number of rotatable bonds is 4. The highest BCUT2D eigenvalue weighted by Gasteiger charge is 2.61. The molecule has 3 atom stereocenters. The molecule has 21 heavy (non-hydrogen) atoms. The number of nitrogens with one attached hydrogen (secondary N) is 1. The van der Waals surface area contributed by atoms with Crippen LogP contribution in [-0.2, 0) is 0 Å². The van der Waals surface area contributed by atoms with Crippen LogP contribution in [-0.4, -0.2) is 12.7 Å². The van der Waals surface area contributed by atoms with E-state index < -0.39 is 6.61 Å². The quantitative estimate of drug-likeness (QED) is 0.851. The molecule has 2 fully saturated rings. The standard InChI is InChI=1S/C17H23F2NO/c1-16(2)11-7-8-17(16,3)14(9-11)20-12-5-4-6-13(10-12)21-15(18)19/h4-6,10-11,14-15,20H,7-9H2,1-3H3.